The second-order valence-electron chi connectivity index (χ2n) is 3.90. The number of hydrogen-bond donors (Lipinski definition) is 2. The van der Waals surface area contributed by atoms with E-state index in [9.17, 15) is 4.79 Å². The van der Waals surface area contributed by atoms with Crippen molar-refractivity contribution < 1.29 is 4.79 Å². The second kappa shape index (κ2) is 8.09. The monoisotopic (exact) mass is 254 g/mol. The number of carbonyl (C=O) groups excluding carboxylic acids is 1. The standard InChI is InChI=1S/C13H19ClN2O/c1-2-8-15-10-13(17)16-9-7-11-3-5-12(14)6-4-11/h3-6,15H,2,7-10H2,1H3,(H,16,17). The van der Waals surface area contributed by atoms with Crippen molar-refractivity contribution in [3.05, 3.63) is 34.9 Å². The van der Waals surface area contributed by atoms with Crippen molar-refractivity contribution in [3.8, 4) is 0 Å². The molecule has 1 amide bonds. The molecule has 0 saturated heterocycles. The van der Waals surface area contributed by atoms with E-state index >= 15 is 0 Å². The summed E-state index contributed by atoms with van der Waals surface area (Å²) >= 11 is 5.79. The summed E-state index contributed by atoms with van der Waals surface area (Å²) in [6.07, 6.45) is 1.87. The van der Waals surface area contributed by atoms with Crippen LogP contribution in [0.25, 0.3) is 0 Å². The first-order valence-corrected chi connectivity index (χ1v) is 6.32. The quantitative estimate of drug-likeness (QED) is 0.731. The Morgan fingerprint density at radius 1 is 1.24 bits per heavy atom. The number of rotatable bonds is 7. The minimum atomic E-state index is 0.0485. The summed E-state index contributed by atoms with van der Waals surface area (Å²) in [7, 11) is 0. The van der Waals surface area contributed by atoms with Crippen molar-refractivity contribution in [2.45, 2.75) is 19.8 Å². The summed E-state index contributed by atoms with van der Waals surface area (Å²) in [6, 6.07) is 7.68. The normalized spacial score (nSPS) is 10.2. The third-order valence-electron chi connectivity index (χ3n) is 2.36. The van der Waals surface area contributed by atoms with Crippen LogP contribution < -0.4 is 10.6 Å². The van der Waals surface area contributed by atoms with Crippen molar-refractivity contribution in [2.24, 2.45) is 0 Å². The van der Waals surface area contributed by atoms with E-state index in [1.54, 1.807) is 0 Å². The number of nitrogens with one attached hydrogen (secondary N) is 2. The Morgan fingerprint density at radius 3 is 2.59 bits per heavy atom. The van der Waals surface area contributed by atoms with Crippen molar-refractivity contribution in [1.82, 2.24) is 10.6 Å². The van der Waals surface area contributed by atoms with Crippen LogP contribution in [0.4, 0.5) is 0 Å². The Balaban J connectivity index is 2.14. The molecule has 0 bridgehead atoms. The largest absolute Gasteiger partial charge is 0.355 e. The van der Waals surface area contributed by atoms with Gasteiger partial charge >= 0.3 is 0 Å². The first-order chi connectivity index (χ1) is 8.22. The van der Waals surface area contributed by atoms with Gasteiger partial charge < -0.3 is 10.6 Å². The summed E-state index contributed by atoms with van der Waals surface area (Å²) in [5.41, 5.74) is 1.18. The number of amides is 1. The molecule has 0 unspecified atom stereocenters. The van der Waals surface area contributed by atoms with E-state index in [0.717, 1.165) is 24.4 Å². The molecule has 1 rings (SSSR count). The van der Waals surface area contributed by atoms with E-state index in [2.05, 4.69) is 17.6 Å². The zero-order chi connectivity index (χ0) is 12.5. The predicted octanol–water partition coefficient (Wildman–Crippen LogP) is 2.00. The van der Waals surface area contributed by atoms with Crippen molar-refractivity contribution in [2.75, 3.05) is 19.6 Å². The third-order valence-corrected chi connectivity index (χ3v) is 2.61. The van der Waals surface area contributed by atoms with E-state index in [4.69, 9.17) is 11.6 Å². The van der Waals surface area contributed by atoms with Gasteiger partial charge in [0.25, 0.3) is 0 Å². The van der Waals surface area contributed by atoms with Crippen molar-refractivity contribution in [3.63, 3.8) is 0 Å². The van der Waals surface area contributed by atoms with Crippen LogP contribution in [0.15, 0.2) is 24.3 Å². The fourth-order valence-electron chi connectivity index (χ4n) is 1.44. The molecule has 4 heteroatoms. The van der Waals surface area contributed by atoms with E-state index in [1.807, 2.05) is 24.3 Å². The molecule has 3 nitrogen and oxygen atoms in total. The van der Waals surface area contributed by atoms with Gasteiger partial charge in [-0.3, -0.25) is 4.79 Å². The van der Waals surface area contributed by atoms with Gasteiger partial charge in [0, 0.05) is 11.6 Å². The molecule has 0 radical (unpaired) electrons. The molecule has 0 aromatic heterocycles. The Kier molecular flexibility index (Phi) is 6.67. The Labute approximate surface area is 108 Å². The fourth-order valence-corrected chi connectivity index (χ4v) is 1.56. The fraction of sp³-hybridized carbons (Fsp3) is 0.462. The van der Waals surface area contributed by atoms with Gasteiger partial charge in [-0.2, -0.15) is 0 Å². The van der Waals surface area contributed by atoms with Gasteiger partial charge in [0.05, 0.1) is 6.54 Å². The maximum atomic E-state index is 11.4. The first kappa shape index (κ1) is 14.0. The van der Waals surface area contributed by atoms with Crippen molar-refractivity contribution in [1.29, 1.82) is 0 Å². The highest BCUT2D eigenvalue weighted by atomic mass is 35.5. The zero-order valence-electron chi connectivity index (χ0n) is 10.1. The molecular weight excluding hydrogens is 236 g/mol. The molecule has 0 fully saturated rings. The van der Waals surface area contributed by atoms with Gasteiger partial charge in [-0.05, 0) is 37.1 Å². The van der Waals surface area contributed by atoms with Crippen LogP contribution >= 0.6 is 11.6 Å². The van der Waals surface area contributed by atoms with Gasteiger partial charge in [0.15, 0.2) is 0 Å². The van der Waals surface area contributed by atoms with Gasteiger partial charge in [0.2, 0.25) is 5.91 Å². The number of hydrogen-bond acceptors (Lipinski definition) is 2. The highest BCUT2D eigenvalue weighted by molar-refractivity contribution is 6.30. The van der Waals surface area contributed by atoms with E-state index in [-0.39, 0.29) is 5.91 Å². The number of carbonyl (C=O) groups is 1. The average molecular weight is 255 g/mol. The van der Waals surface area contributed by atoms with E-state index in [1.165, 1.54) is 5.56 Å². The molecule has 0 spiro atoms. The summed E-state index contributed by atoms with van der Waals surface area (Å²) in [5.74, 6) is 0.0485. The molecule has 0 aliphatic rings. The minimum Gasteiger partial charge on any atom is -0.355 e. The molecule has 2 N–H and O–H groups in total. The molecule has 0 heterocycles. The summed E-state index contributed by atoms with van der Waals surface area (Å²) in [6.45, 7) is 4.01. The Bertz CT molecular complexity index is 338. The lowest BCUT2D eigenvalue weighted by Crippen LogP contribution is -2.35. The van der Waals surface area contributed by atoms with Crippen LogP contribution in [0.2, 0.25) is 5.02 Å². The summed E-state index contributed by atoms with van der Waals surface area (Å²) in [5, 5.41) is 6.67. The van der Waals surface area contributed by atoms with Gasteiger partial charge in [-0.25, -0.2) is 0 Å². The van der Waals surface area contributed by atoms with Gasteiger partial charge in [-0.1, -0.05) is 30.7 Å². The van der Waals surface area contributed by atoms with E-state index < -0.39 is 0 Å². The van der Waals surface area contributed by atoms with Crippen LogP contribution in [0.3, 0.4) is 0 Å². The summed E-state index contributed by atoms with van der Waals surface area (Å²) in [4.78, 5) is 11.4. The lowest BCUT2D eigenvalue weighted by molar-refractivity contribution is -0.120. The van der Waals surface area contributed by atoms with Crippen molar-refractivity contribution >= 4 is 17.5 Å². The van der Waals surface area contributed by atoms with Crippen LogP contribution in [0.5, 0.6) is 0 Å². The number of benzene rings is 1. The van der Waals surface area contributed by atoms with Gasteiger partial charge in [0.1, 0.15) is 0 Å². The molecule has 94 valence electrons. The lowest BCUT2D eigenvalue weighted by atomic mass is 10.1. The molecule has 1 aromatic rings. The average Bonchev–Trinajstić information content (AvgIpc) is 2.32. The topological polar surface area (TPSA) is 41.1 Å². The highest BCUT2D eigenvalue weighted by Crippen LogP contribution is 2.09. The smallest absolute Gasteiger partial charge is 0.233 e. The highest BCUT2D eigenvalue weighted by Gasteiger charge is 1.99. The van der Waals surface area contributed by atoms with Crippen LogP contribution in [-0.4, -0.2) is 25.5 Å². The lowest BCUT2D eigenvalue weighted by Gasteiger charge is -2.06. The predicted molar refractivity (Wildman–Crippen MR) is 71.3 cm³/mol. The molecule has 1 aromatic carbocycles. The molecular formula is C13H19ClN2O. The summed E-state index contributed by atoms with van der Waals surface area (Å²) < 4.78 is 0. The van der Waals surface area contributed by atoms with Crippen LogP contribution in [0.1, 0.15) is 18.9 Å². The molecule has 17 heavy (non-hydrogen) atoms. The third kappa shape index (κ3) is 6.29. The number of halogens is 1. The zero-order valence-corrected chi connectivity index (χ0v) is 10.9. The SMILES string of the molecule is CCCNCC(=O)NCCc1ccc(Cl)cc1. The second-order valence-corrected chi connectivity index (χ2v) is 4.34. The molecule has 0 atom stereocenters. The van der Waals surface area contributed by atoms with Crippen LogP contribution in [0, 0.1) is 0 Å². The van der Waals surface area contributed by atoms with Crippen LogP contribution in [-0.2, 0) is 11.2 Å². The van der Waals surface area contributed by atoms with Gasteiger partial charge in [-0.15, -0.1) is 0 Å². The molecule has 0 aliphatic heterocycles. The maximum Gasteiger partial charge on any atom is 0.233 e. The maximum absolute atomic E-state index is 11.4. The molecule has 0 saturated carbocycles. The van der Waals surface area contributed by atoms with E-state index in [0.29, 0.717) is 13.1 Å². The first-order valence-electron chi connectivity index (χ1n) is 5.94. The minimum absolute atomic E-state index is 0.0485. The Hall–Kier alpha value is -1.06. The Morgan fingerprint density at radius 2 is 1.94 bits per heavy atom. The molecule has 0 aliphatic carbocycles.